The van der Waals surface area contributed by atoms with Gasteiger partial charge in [-0.05, 0) is 20.8 Å². The fourth-order valence-corrected chi connectivity index (χ4v) is 2.27. The van der Waals surface area contributed by atoms with Gasteiger partial charge in [0.15, 0.2) is 5.78 Å². The molecule has 1 aliphatic heterocycles. The van der Waals surface area contributed by atoms with Crippen LogP contribution in [0, 0.1) is 5.41 Å². The number of likely N-dealkylation sites (tertiary alicyclic amines) is 1. The van der Waals surface area contributed by atoms with E-state index in [1.807, 2.05) is 46.4 Å². The Kier molecular flexibility index (Phi) is 3.49. The van der Waals surface area contributed by atoms with Gasteiger partial charge in [0.05, 0.1) is 6.04 Å². The number of halogens is 1. The Hall–Kier alpha value is -0.440. The molecule has 16 heavy (non-hydrogen) atoms. The zero-order valence-electron chi connectivity index (χ0n) is 11.3. The lowest BCUT2D eigenvalue weighted by molar-refractivity contribution is -0.132. The molecule has 1 saturated heterocycles. The predicted octanol–water partition coefficient (Wildman–Crippen LogP) is 2.81. The third kappa shape index (κ3) is 2.82. The van der Waals surface area contributed by atoms with Crippen molar-refractivity contribution < 1.29 is 9.18 Å². The van der Waals surface area contributed by atoms with E-state index in [9.17, 15) is 9.18 Å². The molecule has 0 aromatic heterocycles. The van der Waals surface area contributed by atoms with Crippen LogP contribution >= 0.6 is 0 Å². The number of Topliss-reactive ketones (excluding diaryl/α,β-unsaturated/α-hetero) is 1. The van der Waals surface area contributed by atoms with E-state index in [1.165, 1.54) is 0 Å². The molecule has 1 aliphatic rings. The summed E-state index contributed by atoms with van der Waals surface area (Å²) in [5.74, 6) is 0.155. The molecular formula is C13H24FNO. The summed E-state index contributed by atoms with van der Waals surface area (Å²) in [5, 5.41) is 0. The molecule has 1 heterocycles. The number of hydrogen-bond acceptors (Lipinski definition) is 2. The lowest BCUT2D eigenvalue weighted by Gasteiger charge is -2.38. The molecule has 3 heteroatoms. The van der Waals surface area contributed by atoms with Gasteiger partial charge in [0.25, 0.3) is 0 Å². The van der Waals surface area contributed by atoms with Gasteiger partial charge in [0.1, 0.15) is 6.17 Å². The predicted molar refractivity (Wildman–Crippen MR) is 64.2 cm³/mol. The summed E-state index contributed by atoms with van der Waals surface area (Å²) in [7, 11) is 0. The minimum atomic E-state index is -0.865. The summed E-state index contributed by atoms with van der Waals surface area (Å²) < 4.78 is 13.5. The lowest BCUT2D eigenvalue weighted by Crippen LogP contribution is -2.50. The van der Waals surface area contributed by atoms with Crippen LogP contribution in [0.15, 0.2) is 0 Å². The Morgan fingerprint density at radius 1 is 1.19 bits per heavy atom. The molecule has 0 unspecified atom stereocenters. The monoisotopic (exact) mass is 229 g/mol. The molecular weight excluding hydrogens is 205 g/mol. The van der Waals surface area contributed by atoms with Gasteiger partial charge in [-0.25, -0.2) is 4.39 Å². The fraction of sp³-hybridized carbons (Fsp3) is 0.923. The zero-order chi connectivity index (χ0) is 12.7. The van der Waals surface area contributed by atoms with Crippen molar-refractivity contribution >= 4 is 5.78 Å². The maximum Gasteiger partial charge on any atom is 0.155 e. The van der Waals surface area contributed by atoms with Crippen LogP contribution in [0.1, 0.15) is 48.0 Å². The highest BCUT2D eigenvalue weighted by Crippen LogP contribution is 2.32. The Labute approximate surface area is 98.2 Å². The van der Waals surface area contributed by atoms with E-state index in [1.54, 1.807) is 0 Å². The van der Waals surface area contributed by atoms with Gasteiger partial charge in [-0.1, -0.05) is 20.8 Å². The van der Waals surface area contributed by atoms with Gasteiger partial charge >= 0.3 is 0 Å². The highest BCUT2D eigenvalue weighted by molar-refractivity contribution is 5.89. The summed E-state index contributed by atoms with van der Waals surface area (Å²) in [6.07, 6.45) is -0.511. The average molecular weight is 229 g/mol. The largest absolute Gasteiger partial charge is 0.297 e. The number of hydrogen-bond donors (Lipinski definition) is 0. The van der Waals surface area contributed by atoms with Crippen LogP contribution in [-0.4, -0.2) is 35.0 Å². The Morgan fingerprint density at radius 2 is 1.69 bits per heavy atom. The number of nitrogens with zero attached hydrogens (tertiary/aromatic N) is 1. The van der Waals surface area contributed by atoms with E-state index in [-0.39, 0.29) is 17.4 Å². The molecule has 0 N–H and O–H groups in total. The smallest absolute Gasteiger partial charge is 0.155 e. The summed E-state index contributed by atoms with van der Waals surface area (Å²) in [5.41, 5.74) is -0.537. The molecule has 0 bridgehead atoms. The standard InChI is InChI=1S/C13H24FNO/c1-12(2,3)11(16)10-7-9(14)8-15(10)13(4,5)6/h9-10H,7-8H2,1-6H3/t9-,10-/m0/s1. The number of rotatable bonds is 1. The SMILES string of the molecule is CC(C)(C)C(=O)[C@@H]1C[C@H](F)CN1C(C)(C)C. The van der Waals surface area contributed by atoms with Crippen molar-refractivity contribution in [1.29, 1.82) is 0 Å². The molecule has 0 spiro atoms. The molecule has 0 saturated carbocycles. The zero-order valence-corrected chi connectivity index (χ0v) is 11.3. The first-order valence-electron chi connectivity index (χ1n) is 5.98. The van der Waals surface area contributed by atoms with Crippen LogP contribution in [0.25, 0.3) is 0 Å². The minimum absolute atomic E-state index is 0.146. The second-order valence-electron chi connectivity index (χ2n) is 6.79. The Morgan fingerprint density at radius 3 is 2.06 bits per heavy atom. The summed E-state index contributed by atoms with van der Waals surface area (Å²) >= 11 is 0. The first-order chi connectivity index (χ1) is 7.03. The van der Waals surface area contributed by atoms with Crippen LogP contribution in [0.5, 0.6) is 0 Å². The Bertz CT molecular complexity index is 275. The molecule has 2 nitrogen and oxygen atoms in total. The van der Waals surface area contributed by atoms with Crippen molar-refractivity contribution in [2.24, 2.45) is 5.41 Å². The van der Waals surface area contributed by atoms with Crippen LogP contribution < -0.4 is 0 Å². The third-order valence-electron chi connectivity index (χ3n) is 3.15. The second-order valence-corrected chi connectivity index (χ2v) is 6.79. The number of carbonyl (C=O) groups is 1. The normalized spacial score (nSPS) is 28.4. The number of ketones is 1. The molecule has 1 rings (SSSR count). The van der Waals surface area contributed by atoms with Crippen molar-refractivity contribution in [1.82, 2.24) is 4.90 Å². The van der Waals surface area contributed by atoms with Crippen LogP contribution in [0.2, 0.25) is 0 Å². The van der Waals surface area contributed by atoms with Crippen molar-refractivity contribution in [3.63, 3.8) is 0 Å². The maximum absolute atomic E-state index is 13.5. The molecule has 0 aliphatic carbocycles. The van der Waals surface area contributed by atoms with E-state index in [0.29, 0.717) is 13.0 Å². The lowest BCUT2D eigenvalue weighted by atomic mass is 9.84. The molecule has 94 valence electrons. The fourth-order valence-electron chi connectivity index (χ4n) is 2.27. The molecule has 0 radical (unpaired) electrons. The number of carbonyl (C=O) groups excluding carboxylic acids is 1. The van der Waals surface area contributed by atoms with E-state index < -0.39 is 11.6 Å². The van der Waals surface area contributed by atoms with E-state index in [2.05, 4.69) is 0 Å². The molecule has 2 atom stereocenters. The molecule has 1 fully saturated rings. The summed E-state index contributed by atoms with van der Waals surface area (Å²) in [6.45, 7) is 12.2. The first kappa shape index (κ1) is 13.6. The highest BCUT2D eigenvalue weighted by Gasteiger charge is 2.44. The van der Waals surface area contributed by atoms with Gasteiger partial charge in [0.2, 0.25) is 0 Å². The van der Waals surface area contributed by atoms with Gasteiger partial charge in [-0.2, -0.15) is 0 Å². The molecule has 0 aromatic carbocycles. The average Bonchev–Trinajstić information content (AvgIpc) is 2.43. The van der Waals surface area contributed by atoms with E-state index in [0.717, 1.165) is 0 Å². The van der Waals surface area contributed by atoms with Crippen LogP contribution in [-0.2, 0) is 4.79 Å². The third-order valence-corrected chi connectivity index (χ3v) is 3.15. The van der Waals surface area contributed by atoms with Crippen LogP contribution in [0.3, 0.4) is 0 Å². The van der Waals surface area contributed by atoms with E-state index in [4.69, 9.17) is 0 Å². The summed E-state index contributed by atoms with van der Waals surface area (Å²) in [4.78, 5) is 14.3. The van der Waals surface area contributed by atoms with Crippen molar-refractivity contribution in [3.05, 3.63) is 0 Å². The first-order valence-corrected chi connectivity index (χ1v) is 5.98. The molecule has 0 aromatic rings. The van der Waals surface area contributed by atoms with Gasteiger partial charge in [-0.15, -0.1) is 0 Å². The van der Waals surface area contributed by atoms with E-state index >= 15 is 0 Å². The minimum Gasteiger partial charge on any atom is -0.297 e. The highest BCUT2D eigenvalue weighted by atomic mass is 19.1. The van der Waals surface area contributed by atoms with Gasteiger partial charge < -0.3 is 0 Å². The Balaban J connectivity index is 2.91. The quantitative estimate of drug-likeness (QED) is 0.689. The van der Waals surface area contributed by atoms with Crippen LogP contribution in [0.4, 0.5) is 4.39 Å². The van der Waals surface area contributed by atoms with Gasteiger partial charge in [-0.3, -0.25) is 9.69 Å². The van der Waals surface area contributed by atoms with Crippen molar-refractivity contribution in [2.45, 2.75) is 65.7 Å². The van der Waals surface area contributed by atoms with Gasteiger partial charge in [0, 0.05) is 23.9 Å². The number of alkyl halides is 1. The second kappa shape index (κ2) is 4.10. The topological polar surface area (TPSA) is 20.3 Å². The maximum atomic E-state index is 13.5. The summed E-state index contributed by atoms with van der Waals surface area (Å²) in [6, 6.07) is -0.255. The van der Waals surface area contributed by atoms with Crippen molar-refractivity contribution in [2.75, 3.05) is 6.54 Å². The molecule has 0 amide bonds. The van der Waals surface area contributed by atoms with Crippen molar-refractivity contribution in [3.8, 4) is 0 Å².